The fourth-order valence-corrected chi connectivity index (χ4v) is 2.32. The van der Waals surface area contributed by atoms with Crippen molar-refractivity contribution in [3.05, 3.63) is 35.9 Å². The fraction of sp³-hybridized carbons (Fsp3) is 0.571. The lowest BCUT2D eigenvalue weighted by molar-refractivity contribution is 0.144. The summed E-state index contributed by atoms with van der Waals surface area (Å²) in [4.78, 5) is 0. The van der Waals surface area contributed by atoms with E-state index in [4.69, 9.17) is 4.74 Å². The molecule has 0 saturated carbocycles. The molecule has 0 heterocycles. The molecule has 0 N–H and O–H groups in total. The van der Waals surface area contributed by atoms with E-state index in [0.717, 1.165) is 0 Å². The van der Waals surface area contributed by atoms with Crippen LogP contribution in [0.25, 0.3) is 0 Å². The average molecular weight is 254 g/mol. The Morgan fingerprint density at radius 1 is 1.18 bits per heavy atom. The third-order valence-electron chi connectivity index (χ3n) is 2.73. The van der Waals surface area contributed by atoms with Crippen molar-refractivity contribution in [2.75, 3.05) is 26.3 Å². The molecule has 96 valence electrons. The molecule has 0 aliphatic carbocycles. The van der Waals surface area contributed by atoms with Crippen molar-refractivity contribution in [3.8, 4) is 0 Å². The van der Waals surface area contributed by atoms with Gasteiger partial charge in [-0.2, -0.15) is 0 Å². The van der Waals surface area contributed by atoms with Gasteiger partial charge in [-0.05, 0) is 24.8 Å². The second-order valence-electron chi connectivity index (χ2n) is 5.34. The smallest absolute Gasteiger partial charge is 0.106 e. The molecule has 0 saturated heterocycles. The van der Waals surface area contributed by atoms with E-state index in [9.17, 15) is 4.57 Å². The molecule has 0 radical (unpaired) electrons. The quantitative estimate of drug-likeness (QED) is 0.717. The van der Waals surface area contributed by atoms with Gasteiger partial charge in [-0.25, -0.2) is 0 Å². The first-order valence-corrected chi connectivity index (χ1v) is 8.85. The lowest BCUT2D eigenvalue weighted by Crippen LogP contribution is -2.14. The van der Waals surface area contributed by atoms with Gasteiger partial charge in [0.2, 0.25) is 0 Å². The van der Waals surface area contributed by atoms with Crippen molar-refractivity contribution < 1.29 is 9.30 Å². The van der Waals surface area contributed by atoms with E-state index in [1.807, 2.05) is 6.07 Å². The minimum absolute atomic E-state index is 0.378. The van der Waals surface area contributed by atoms with Crippen LogP contribution in [0.4, 0.5) is 0 Å². The monoisotopic (exact) mass is 254 g/mol. The van der Waals surface area contributed by atoms with Gasteiger partial charge in [-0.15, -0.1) is 0 Å². The van der Waals surface area contributed by atoms with E-state index in [-0.39, 0.29) is 0 Å². The molecule has 1 atom stereocenters. The zero-order valence-corrected chi connectivity index (χ0v) is 12.1. The predicted octanol–water partition coefficient (Wildman–Crippen LogP) is 4.02. The summed E-state index contributed by atoms with van der Waals surface area (Å²) in [5, 5.41) is 0. The van der Waals surface area contributed by atoms with E-state index < -0.39 is 7.14 Å². The second-order valence-corrected chi connectivity index (χ2v) is 8.74. The highest BCUT2D eigenvalue weighted by Crippen LogP contribution is 2.36. The highest BCUT2D eigenvalue weighted by Gasteiger charge is 2.17. The van der Waals surface area contributed by atoms with Crippen molar-refractivity contribution in [1.29, 1.82) is 0 Å². The van der Waals surface area contributed by atoms with Gasteiger partial charge in [0.1, 0.15) is 7.14 Å². The molecule has 3 heteroatoms. The first-order chi connectivity index (χ1) is 7.90. The van der Waals surface area contributed by atoms with Crippen LogP contribution >= 0.6 is 7.14 Å². The van der Waals surface area contributed by atoms with Crippen molar-refractivity contribution in [1.82, 2.24) is 0 Å². The standard InChI is InChI=1S/C14H23O2P/c1-12(2)14(10-16-11-17(3,4)15)13-8-6-5-7-9-13/h5-9,12,14H,10-11H2,1-4H3. The van der Waals surface area contributed by atoms with Gasteiger partial charge in [0.05, 0.1) is 13.0 Å². The highest BCUT2D eigenvalue weighted by molar-refractivity contribution is 7.62. The van der Waals surface area contributed by atoms with Crippen LogP contribution in [0, 0.1) is 5.92 Å². The Labute approximate surface area is 105 Å². The first kappa shape index (κ1) is 14.5. The van der Waals surface area contributed by atoms with Crippen LogP contribution in [-0.2, 0) is 9.30 Å². The number of hydrogen-bond donors (Lipinski definition) is 0. The molecule has 0 aliphatic rings. The van der Waals surface area contributed by atoms with E-state index in [0.29, 0.717) is 24.8 Å². The molecule has 0 fully saturated rings. The molecule has 0 spiro atoms. The van der Waals surface area contributed by atoms with Crippen LogP contribution in [-0.4, -0.2) is 26.3 Å². The summed E-state index contributed by atoms with van der Waals surface area (Å²) in [5.41, 5.74) is 1.30. The molecule has 1 unspecified atom stereocenters. The molecular formula is C14H23O2P. The SMILES string of the molecule is CC(C)C(COCP(C)(C)=O)c1ccccc1. The molecule has 0 amide bonds. The van der Waals surface area contributed by atoms with Crippen LogP contribution in [0.1, 0.15) is 25.3 Å². The summed E-state index contributed by atoms with van der Waals surface area (Å²) in [5.74, 6) is 0.897. The Bertz CT molecular complexity index is 367. The molecule has 0 bridgehead atoms. The van der Waals surface area contributed by atoms with Crippen molar-refractivity contribution in [2.24, 2.45) is 5.92 Å². The zero-order chi connectivity index (χ0) is 12.9. The largest absolute Gasteiger partial charge is 0.373 e. The van der Waals surface area contributed by atoms with Gasteiger partial charge >= 0.3 is 0 Å². The van der Waals surface area contributed by atoms with Gasteiger partial charge in [-0.1, -0.05) is 44.2 Å². The Morgan fingerprint density at radius 2 is 1.76 bits per heavy atom. The summed E-state index contributed by atoms with van der Waals surface area (Å²) in [6.45, 7) is 8.56. The average Bonchev–Trinajstić information content (AvgIpc) is 2.23. The van der Waals surface area contributed by atoms with Gasteiger partial charge in [0.15, 0.2) is 0 Å². The lowest BCUT2D eigenvalue weighted by atomic mass is 9.89. The van der Waals surface area contributed by atoms with Gasteiger partial charge in [0, 0.05) is 5.92 Å². The van der Waals surface area contributed by atoms with Crippen molar-refractivity contribution >= 4 is 7.14 Å². The Kier molecular flexibility index (Phi) is 5.42. The summed E-state index contributed by atoms with van der Waals surface area (Å²) in [6, 6.07) is 10.4. The van der Waals surface area contributed by atoms with E-state index >= 15 is 0 Å². The molecule has 17 heavy (non-hydrogen) atoms. The van der Waals surface area contributed by atoms with E-state index in [2.05, 4.69) is 38.1 Å². The normalized spacial score (nSPS) is 13.9. The summed E-state index contributed by atoms with van der Waals surface area (Å²) >= 11 is 0. The summed E-state index contributed by atoms with van der Waals surface area (Å²) in [6.07, 6.45) is 0.378. The maximum Gasteiger partial charge on any atom is 0.106 e. The Hall–Kier alpha value is -0.590. The first-order valence-electron chi connectivity index (χ1n) is 6.07. The van der Waals surface area contributed by atoms with Crippen molar-refractivity contribution in [2.45, 2.75) is 19.8 Å². The van der Waals surface area contributed by atoms with Crippen LogP contribution in [0.3, 0.4) is 0 Å². The Balaban J connectivity index is 2.60. The lowest BCUT2D eigenvalue weighted by Gasteiger charge is -2.22. The number of rotatable bonds is 6. The molecule has 0 aliphatic heterocycles. The molecule has 0 aromatic heterocycles. The highest BCUT2D eigenvalue weighted by atomic mass is 31.2. The topological polar surface area (TPSA) is 26.3 Å². The van der Waals surface area contributed by atoms with Gasteiger partial charge < -0.3 is 9.30 Å². The van der Waals surface area contributed by atoms with Gasteiger partial charge in [0.25, 0.3) is 0 Å². The van der Waals surface area contributed by atoms with Crippen LogP contribution in [0.15, 0.2) is 30.3 Å². The third kappa shape index (κ3) is 5.52. The van der Waals surface area contributed by atoms with Gasteiger partial charge in [-0.3, -0.25) is 0 Å². The summed E-state index contributed by atoms with van der Waals surface area (Å²) in [7, 11) is -2.07. The molecule has 1 aromatic carbocycles. The van der Waals surface area contributed by atoms with Crippen LogP contribution < -0.4 is 0 Å². The molecular weight excluding hydrogens is 231 g/mol. The third-order valence-corrected chi connectivity index (χ3v) is 3.54. The predicted molar refractivity (Wildman–Crippen MR) is 74.3 cm³/mol. The maximum absolute atomic E-state index is 11.6. The van der Waals surface area contributed by atoms with Crippen molar-refractivity contribution in [3.63, 3.8) is 0 Å². The van der Waals surface area contributed by atoms with E-state index in [1.165, 1.54) is 5.56 Å². The molecule has 1 rings (SSSR count). The zero-order valence-electron chi connectivity index (χ0n) is 11.2. The maximum atomic E-state index is 11.6. The number of hydrogen-bond acceptors (Lipinski definition) is 2. The fourth-order valence-electron chi connectivity index (χ4n) is 1.77. The summed E-state index contributed by atoms with van der Waals surface area (Å²) < 4.78 is 17.2. The Morgan fingerprint density at radius 3 is 2.24 bits per heavy atom. The minimum atomic E-state index is -2.07. The molecule has 2 nitrogen and oxygen atoms in total. The molecule has 1 aromatic rings. The number of ether oxygens (including phenoxy) is 1. The minimum Gasteiger partial charge on any atom is -0.373 e. The second kappa shape index (κ2) is 6.37. The van der Waals surface area contributed by atoms with Crippen LogP contribution in [0.5, 0.6) is 0 Å². The number of benzene rings is 1. The van der Waals surface area contributed by atoms with E-state index in [1.54, 1.807) is 13.3 Å². The van der Waals surface area contributed by atoms with Crippen LogP contribution in [0.2, 0.25) is 0 Å².